The number of carbonyl (C=O) groups is 2. The molecule has 0 aromatic heterocycles. The number of hydrogen-bond donors (Lipinski definition) is 2. The van der Waals surface area contributed by atoms with E-state index in [1.807, 2.05) is 65.6 Å². The zero-order valence-electron chi connectivity index (χ0n) is 21.1. The van der Waals surface area contributed by atoms with Crippen LogP contribution in [0.1, 0.15) is 67.7 Å². The van der Waals surface area contributed by atoms with Crippen molar-refractivity contribution in [2.24, 2.45) is 0 Å². The largest absolute Gasteiger partial charge is 0.481 e. The molecule has 1 saturated heterocycles. The van der Waals surface area contributed by atoms with Crippen molar-refractivity contribution in [1.29, 1.82) is 0 Å². The number of carboxylic acid groups (broad SMARTS) is 1. The average molecular weight is 496 g/mol. The smallest absolute Gasteiger partial charge is 0.303 e. The fourth-order valence-electron chi connectivity index (χ4n) is 4.81. The number of carbonyl (C=O) groups excluding carboxylic acids is 1. The summed E-state index contributed by atoms with van der Waals surface area (Å²) < 4.78 is 11.7. The lowest BCUT2D eigenvalue weighted by Gasteiger charge is -2.32. The maximum absolute atomic E-state index is 12.4. The number of carboxylic acids is 1. The Kier molecular flexibility index (Phi) is 10.2. The second-order valence-electron chi connectivity index (χ2n) is 9.10. The number of aliphatic hydroxyl groups excluding tert-OH is 1. The van der Waals surface area contributed by atoms with Crippen molar-refractivity contribution in [1.82, 2.24) is 4.90 Å². The molecule has 0 aliphatic carbocycles. The lowest BCUT2D eigenvalue weighted by Crippen LogP contribution is -2.32. The fourth-order valence-corrected chi connectivity index (χ4v) is 4.81. The lowest BCUT2D eigenvalue weighted by molar-refractivity contribution is -0.183. The summed E-state index contributed by atoms with van der Waals surface area (Å²) in [7, 11) is 3.19. The van der Waals surface area contributed by atoms with Gasteiger partial charge in [-0.2, -0.15) is 0 Å². The number of aliphatic hydroxyl groups is 1. The number of hydrogen-bond acceptors (Lipinski definition) is 5. The SMILES string of the molecule is COC(OC)(c1ccccc1)c1cccc([C@H](O)/C=C/C2CCC(=O)N2CCCCCCC(=O)O)c1. The second kappa shape index (κ2) is 13.3. The van der Waals surface area contributed by atoms with Gasteiger partial charge >= 0.3 is 5.97 Å². The molecular weight excluding hydrogens is 458 g/mol. The van der Waals surface area contributed by atoms with Crippen LogP contribution in [0.4, 0.5) is 0 Å². The highest BCUT2D eigenvalue weighted by Crippen LogP contribution is 2.35. The molecule has 7 nitrogen and oxygen atoms in total. The Hall–Kier alpha value is -3.00. The van der Waals surface area contributed by atoms with Gasteiger partial charge in [-0.3, -0.25) is 9.59 Å². The summed E-state index contributed by atoms with van der Waals surface area (Å²) in [5, 5.41) is 19.7. The summed E-state index contributed by atoms with van der Waals surface area (Å²) in [6.07, 6.45) is 7.48. The van der Waals surface area contributed by atoms with E-state index in [1.54, 1.807) is 20.3 Å². The van der Waals surface area contributed by atoms with Crippen molar-refractivity contribution in [2.75, 3.05) is 20.8 Å². The van der Waals surface area contributed by atoms with Gasteiger partial charge in [-0.15, -0.1) is 0 Å². The summed E-state index contributed by atoms with van der Waals surface area (Å²) in [6, 6.07) is 17.1. The molecule has 1 amide bonds. The minimum Gasteiger partial charge on any atom is -0.481 e. The number of ether oxygens (including phenoxy) is 2. The number of likely N-dealkylation sites (tertiary alicyclic amines) is 1. The zero-order valence-corrected chi connectivity index (χ0v) is 21.1. The Balaban J connectivity index is 1.66. The molecular formula is C29H37NO6. The van der Waals surface area contributed by atoms with Crippen LogP contribution in [0.2, 0.25) is 0 Å². The minimum atomic E-state index is -1.10. The third-order valence-corrected chi connectivity index (χ3v) is 6.77. The van der Waals surface area contributed by atoms with E-state index in [-0.39, 0.29) is 18.4 Å². The average Bonchev–Trinajstić information content (AvgIpc) is 3.25. The van der Waals surface area contributed by atoms with Gasteiger partial charge < -0.3 is 24.6 Å². The molecule has 0 radical (unpaired) electrons. The molecule has 2 N–H and O–H groups in total. The standard InChI is InChI=1S/C29H37NO6/c1-35-29(36-2,23-12-6-5-7-13-23)24-14-10-11-22(21-24)26(31)18-16-25-17-19-27(32)30(25)20-9-4-3-8-15-28(33)34/h5-7,10-14,16,18,21,25-26,31H,3-4,8-9,15,17,19-20H2,1-2H3,(H,33,34)/b18-16+/t25?,26-/m1/s1. The van der Waals surface area contributed by atoms with Gasteiger partial charge in [0.2, 0.25) is 11.7 Å². The summed E-state index contributed by atoms with van der Waals surface area (Å²) >= 11 is 0. The second-order valence-corrected chi connectivity index (χ2v) is 9.10. The molecule has 2 aromatic carbocycles. The van der Waals surface area contributed by atoms with Crippen LogP contribution >= 0.6 is 0 Å². The Morgan fingerprint density at radius 3 is 2.44 bits per heavy atom. The fraction of sp³-hybridized carbons (Fsp3) is 0.448. The molecule has 2 aromatic rings. The van der Waals surface area contributed by atoms with Crippen molar-refractivity contribution in [3.05, 3.63) is 83.4 Å². The molecule has 2 atom stereocenters. The van der Waals surface area contributed by atoms with Gasteiger partial charge in [0.15, 0.2) is 0 Å². The van der Waals surface area contributed by atoms with Crippen molar-refractivity contribution < 1.29 is 29.3 Å². The Morgan fingerprint density at radius 2 is 1.75 bits per heavy atom. The van der Waals surface area contributed by atoms with Crippen LogP contribution in [-0.4, -0.2) is 53.8 Å². The number of amides is 1. The predicted molar refractivity (Wildman–Crippen MR) is 137 cm³/mol. The molecule has 0 spiro atoms. The molecule has 1 heterocycles. The molecule has 0 bridgehead atoms. The van der Waals surface area contributed by atoms with E-state index in [2.05, 4.69) is 0 Å². The summed E-state index contributed by atoms with van der Waals surface area (Å²) in [5.74, 6) is -1.74. The maximum Gasteiger partial charge on any atom is 0.303 e. The van der Waals surface area contributed by atoms with Gasteiger partial charge in [0.1, 0.15) is 0 Å². The Labute approximate surface area is 213 Å². The van der Waals surface area contributed by atoms with Gasteiger partial charge in [-0.1, -0.05) is 73.5 Å². The zero-order chi connectivity index (χ0) is 26.0. The molecule has 1 aliphatic rings. The third-order valence-electron chi connectivity index (χ3n) is 6.77. The highest BCUT2D eigenvalue weighted by atomic mass is 16.7. The van der Waals surface area contributed by atoms with E-state index >= 15 is 0 Å². The first-order valence-corrected chi connectivity index (χ1v) is 12.5. The van der Waals surface area contributed by atoms with E-state index in [0.717, 1.165) is 36.8 Å². The van der Waals surface area contributed by atoms with Gasteiger partial charge in [0, 0.05) is 44.7 Å². The Morgan fingerprint density at radius 1 is 1.06 bits per heavy atom. The van der Waals surface area contributed by atoms with E-state index in [1.165, 1.54) is 0 Å². The van der Waals surface area contributed by atoms with Crippen molar-refractivity contribution in [2.45, 2.75) is 62.9 Å². The number of aliphatic carboxylic acids is 1. The van der Waals surface area contributed by atoms with E-state index in [9.17, 15) is 14.7 Å². The Bertz CT molecular complexity index is 1020. The van der Waals surface area contributed by atoms with Crippen LogP contribution in [0.25, 0.3) is 0 Å². The first kappa shape index (κ1) is 27.6. The highest BCUT2D eigenvalue weighted by Gasteiger charge is 2.35. The molecule has 0 saturated carbocycles. The van der Waals surface area contributed by atoms with Crippen LogP contribution in [0.5, 0.6) is 0 Å². The molecule has 1 fully saturated rings. The predicted octanol–water partition coefficient (Wildman–Crippen LogP) is 4.80. The van der Waals surface area contributed by atoms with Gasteiger partial charge in [0.25, 0.3) is 0 Å². The first-order chi connectivity index (χ1) is 17.4. The van der Waals surface area contributed by atoms with Crippen LogP contribution in [-0.2, 0) is 24.8 Å². The monoisotopic (exact) mass is 495 g/mol. The minimum absolute atomic E-state index is 0.0456. The van der Waals surface area contributed by atoms with E-state index in [4.69, 9.17) is 14.6 Å². The van der Waals surface area contributed by atoms with Crippen LogP contribution in [0.3, 0.4) is 0 Å². The van der Waals surface area contributed by atoms with Crippen molar-refractivity contribution in [3.8, 4) is 0 Å². The van der Waals surface area contributed by atoms with Crippen LogP contribution < -0.4 is 0 Å². The quantitative estimate of drug-likeness (QED) is 0.222. The van der Waals surface area contributed by atoms with E-state index < -0.39 is 17.9 Å². The topological polar surface area (TPSA) is 96.3 Å². The number of unbranched alkanes of at least 4 members (excludes halogenated alkanes) is 3. The molecule has 1 aliphatic heterocycles. The maximum atomic E-state index is 12.4. The summed E-state index contributed by atoms with van der Waals surface area (Å²) in [4.78, 5) is 24.9. The molecule has 1 unspecified atom stereocenters. The molecule has 36 heavy (non-hydrogen) atoms. The van der Waals surface area contributed by atoms with Gasteiger partial charge in [0.05, 0.1) is 12.1 Å². The lowest BCUT2D eigenvalue weighted by atomic mass is 9.94. The van der Waals surface area contributed by atoms with Crippen molar-refractivity contribution in [3.63, 3.8) is 0 Å². The normalized spacial score (nSPS) is 17.1. The number of rotatable bonds is 14. The van der Waals surface area contributed by atoms with Crippen molar-refractivity contribution >= 4 is 11.9 Å². The first-order valence-electron chi connectivity index (χ1n) is 12.5. The summed E-state index contributed by atoms with van der Waals surface area (Å²) in [5.41, 5.74) is 2.32. The van der Waals surface area contributed by atoms with E-state index in [0.29, 0.717) is 24.9 Å². The van der Waals surface area contributed by atoms with Crippen LogP contribution in [0, 0.1) is 0 Å². The molecule has 3 rings (SSSR count). The molecule has 194 valence electrons. The molecule has 7 heteroatoms. The van der Waals surface area contributed by atoms with Crippen LogP contribution in [0.15, 0.2) is 66.7 Å². The number of methoxy groups -OCH3 is 2. The highest BCUT2D eigenvalue weighted by molar-refractivity contribution is 5.79. The third kappa shape index (κ3) is 6.81. The van der Waals surface area contributed by atoms with Gasteiger partial charge in [-0.05, 0) is 30.9 Å². The number of nitrogens with zero attached hydrogens (tertiary/aromatic N) is 1. The number of benzene rings is 2. The summed E-state index contributed by atoms with van der Waals surface area (Å²) in [6.45, 7) is 0.647. The van der Waals surface area contributed by atoms with Gasteiger partial charge in [-0.25, -0.2) is 0 Å².